The Balaban J connectivity index is 0.00000156. The molecule has 1 aliphatic rings. The lowest BCUT2D eigenvalue weighted by molar-refractivity contribution is -0.154. The molecule has 1 heterocycles. The predicted molar refractivity (Wildman–Crippen MR) is 119 cm³/mol. The Hall–Kier alpha value is -2.12. The molecule has 1 fully saturated rings. The Kier molecular flexibility index (Phi) is 20.1. The number of unbranched alkanes of at least 4 members (excludes halogenated alkanes) is 1. The van der Waals surface area contributed by atoms with E-state index in [4.69, 9.17) is 14.6 Å². The number of carbonyl (C=O) groups is 4. The van der Waals surface area contributed by atoms with Gasteiger partial charge in [-0.2, -0.15) is 0 Å². The second kappa shape index (κ2) is 21.4. The van der Waals surface area contributed by atoms with Gasteiger partial charge in [-0.1, -0.05) is 0 Å². The van der Waals surface area contributed by atoms with Crippen LogP contribution in [0.15, 0.2) is 0 Å². The van der Waals surface area contributed by atoms with Crippen LogP contribution in [0.5, 0.6) is 0 Å². The Morgan fingerprint density at radius 2 is 1.62 bits per heavy atom. The second-order valence-electron chi connectivity index (χ2n) is 7.53. The lowest BCUT2D eigenvalue weighted by atomic mass is 9.90. The molecule has 0 radical (unpaired) electrons. The highest BCUT2D eigenvalue weighted by atomic mass is 16.5. The van der Waals surface area contributed by atoms with Crippen molar-refractivity contribution < 1.29 is 53.4 Å². The van der Waals surface area contributed by atoms with Gasteiger partial charge in [0, 0.05) is 52.1 Å². The first-order chi connectivity index (χ1) is 16.5. The molecule has 0 spiro atoms. The van der Waals surface area contributed by atoms with Crippen LogP contribution in [0.25, 0.3) is 0 Å². The highest BCUT2D eigenvalue weighted by Crippen LogP contribution is 2.23. The minimum atomic E-state index is -1.31. The molecule has 0 amide bonds. The van der Waals surface area contributed by atoms with E-state index in [1.54, 1.807) is 4.90 Å². The molecule has 1 unspecified atom stereocenters. The van der Waals surface area contributed by atoms with E-state index in [-0.39, 0.29) is 90.3 Å². The molecule has 0 saturated carbocycles. The lowest BCUT2D eigenvalue weighted by Gasteiger charge is -2.37. The standard InChI is InChI=1S/C18H33NO9.C4H6O2/c20-8-3-4-17(25)18(5-13-27-16-24,14-19(6-9-21)7-10-22)28-12-2-1-11-26-15-23;5-4-2-1-3-6-4/h15-16,20-22H,1-14H2;1-3H2. The van der Waals surface area contributed by atoms with Gasteiger partial charge in [-0.15, -0.1) is 0 Å². The molecule has 0 bridgehead atoms. The molecule has 0 aromatic heterocycles. The molecule has 0 aromatic carbocycles. The molecule has 1 saturated heterocycles. The molecule has 1 atom stereocenters. The number of cyclic esters (lactones) is 1. The van der Waals surface area contributed by atoms with Gasteiger partial charge >= 0.3 is 5.97 Å². The van der Waals surface area contributed by atoms with Crippen molar-refractivity contribution in [2.45, 2.75) is 50.5 Å². The number of hydrogen-bond acceptors (Lipinski definition) is 12. The van der Waals surface area contributed by atoms with Gasteiger partial charge in [0.1, 0.15) is 5.60 Å². The van der Waals surface area contributed by atoms with Gasteiger partial charge in [0.05, 0.1) is 33.0 Å². The fourth-order valence-corrected chi connectivity index (χ4v) is 3.24. The third-order valence-corrected chi connectivity index (χ3v) is 4.96. The summed E-state index contributed by atoms with van der Waals surface area (Å²) in [6.07, 6.45) is 3.09. The summed E-state index contributed by atoms with van der Waals surface area (Å²) in [6.45, 7) is 1.82. The maximum Gasteiger partial charge on any atom is 0.305 e. The first kappa shape index (κ1) is 31.9. The van der Waals surface area contributed by atoms with Crippen molar-refractivity contribution in [3.63, 3.8) is 0 Å². The first-order valence-electron chi connectivity index (χ1n) is 11.5. The van der Waals surface area contributed by atoms with Crippen molar-refractivity contribution >= 4 is 24.7 Å². The zero-order valence-corrected chi connectivity index (χ0v) is 19.7. The Labute approximate surface area is 200 Å². The highest BCUT2D eigenvalue weighted by molar-refractivity contribution is 5.87. The monoisotopic (exact) mass is 493 g/mol. The molecule has 0 aromatic rings. The van der Waals surface area contributed by atoms with Crippen molar-refractivity contribution in [3.05, 3.63) is 0 Å². The van der Waals surface area contributed by atoms with Crippen LogP contribution in [0.4, 0.5) is 0 Å². The van der Waals surface area contributed by atoms with Gasteiger partial charge in [0.25, 0.3) is 12.9 Å². The summed E-state index contributed by atoms with van der Waals surface area (Å²) >= 11 is 0. The smallest absolute Gasteiger partial charge is 0.305 e. The van der Waals surface area contributed by atoms with E-state index >= 15 is 0 Å². The molecule has 0 aliphatic carbocycles. The average molecular weight is 494 g/mol. The van der Waals surface area contributed by atoms with E-state index in [0.717, 1.165) is 6.42 Å². The fraction of sp³-hybridized carbons (Fsp3) is 0.818. The van der Waals surface area contributed by atoms with Gasteiger partial charge in [-0.05, 0) is 25.7 Å². The van der Waals surface area contributed by atoms with Crippen molar-refractivity contribution in [2.75, 3.05) is 65.9 Å². The van der Waals surface area contributed by atoms with E-state index in [1.807, 2.05) is 0 Å². The van der Waals surface area contributed by atoms with Gasteiger partial charge < -0.3 is 34.3 Å². The SMILES string of the molecule is O=C1CCCO1.O=COCCCCOC(CCOC=O)(CN(CCO)CCO)C(=O)CCCO. The number of ketones is 1. The van der Waals surface area contributed by atoms with Gasteiger partial charge in [0.15, 0.2) is 5.78 Å². The number of aliphatic hydroxyl groups excluding tert-OH is 3. The summed E-state index contributed by atoms with van der Waals surface area (Å²) in [5.74, 6) is -0.295. The molecular weight excluding hydrogens is 454 g/mol. The van der Waals surface area contributed by atoms with Crippen LogP contribution in [0, 0.1) is 0 Å². The van der Waals surface area contributed by atoms with Crippen LogP contribution in [-0.4, -0.2) is 116 Å². The van der Waals surface area contributed by atoms with Crippen LogP contribution in [0.2, 0.25) is 0 Å². The van der Waals surface area contributed by atoms with E-state index in [9.17, 15) is 29.4 Å². The van der Waals surface area contributed by atoms with E-state index in [2.05, 4.69) is 9.47 Å². The average Bonchev–Trinajstić information content (AvgIpc) is 3.31. The molecular formula is C22H39NO11. The minimum Gasteiger partial charge on any atom is -0.468 e. The van der Waals surface area contributed by atoms with Crippen LogP contribution in [0.3, 0.4) is 0 Å². The molecule has 12 nitrogen and oxygen atoms in total. The summed E-state index contributed by atoms with van der Waals surface area (Å²) in [4.78, 5) is 45.3. The highest BCUT2D eigenvalue weighted by Gasteiger charge is 2.40. The lowest BCUT2D eigenvalue weighted by Crippen LogP contribution is -2.53. The number of esters is 1. The van der Waals surface area contributed by atoms with Crippen molar-refractivity contribution in [1.29, 1.82) is 0 Å². The predicted octanol–water partition coefficient (Wildman–Crippen LogP) is -0.790. The molecule has 1 aliphatic heterocycles. The Morgan fingerprint density at radius 3 is 2.12 bits per heavy atom. The molecule has 198 valence electrons. The Bertz CT molecular complexity index is 547. The topological polar surface area (TPSA) is 169 Å². The first-order valence-corrected chi connectivity index (χ1v) is 11.5. The summed E-state index contributed by atoms with van der Waals surface area (Å²) in [7, 11) is 0. The van der Waals surface area contributed by atoms with Crippen molar-refractivity contribution in [3.8, 4) is 0 Å². The number of Topliss-reactive ketones (excluding diaryl/α,β-unsaturated/α-hetero) is 1. The third-order valence-electron chi connectivity index (χ3n) is 4.96. The summed E-state index contributed by atoms with van der Waals surface area (Å²) in [5, 5.41) is 27.6. The summed E-state index contributed by atoms with van der Waals surface area (Å²) < 4.78 is 19.9. The number of rotatable bonds is 21. The molecule has 3 N–H and O–H groups in total. The van der Waals surface area contributed by atoms with E-state index in [0.29, 0.717) is 38.8 Å². The zero-order valence-electron chi connectivity index (χ0n) is 19.7. The third kappa shape index (κ3) is 14.9. The van der Waals surface area contributed by atoms with Crippen LogP contribution >= 0.6 is 0 Å². The van der Waals surface area contributed by atoms with E-state index < -0.39 is 5.60 Å². The maximum absolute atomic E-state index is 12.9. The van der Waals surface area contributed by atoms with Crippen LogP contribution in [-0.2, 0) is 38.1 Å². The molecule has 34 heavy (non-hydrogen) atoms. The van der Waals surface area contributed by atoms with Crippen molar-refractivity contribution in [1.82, 2.24) is 4.90 Å². The van der Waals surface area contributed by atoms with Crippen molar-refractivity contribution in [2.24, 2.45) is 0 Å². The van der Waals surface area contributed by atoms with E-state index in [1.165, 1.54) is 0 Å². The molecule has 12 heteroatoms. The number of hydrogen-bond donors (Lipinski definition) is 3. The largest absolute Gasteiger partial charge is 0.468 e. The van der Waals surface area contributed by atoms with Gasteiger partial charge in [0.2, 0.25) is 0 Å². The number of nitrogens with zero attached hydrogens (tertiary/aromatic N) is 1. The molecule has 1 rings (SSSR count). The quantitative estimate of drug-likeness (QED) is 0.0789. The van der Waals surface area contributed by atoms with Gasteiger partial charge in [-0.25, -0.2) is 0 Å². The Morgan fingerprint density at radius 1 is 0.971 bits per heavy atom. The summed E-state index contributed by atoms with van der Waals surface area (Å²) in [6, 6.07) is 0. The fourth-order valence-electron chi connectivity index (χ4n) is 3.24. The zero-order chi connectivity index (χ0) is 25.5. The summed E-state index contributed by atoms with van der Waals surface area (Å²) in [5.41, 5.74) is -1.31. The minimum absolute atomic E-state index is 0.0330. The van der Waals surface area contributed by atoms with Crippen LogP contribution < -0.4 is 0 Å². The van der Waals surface area contributed by atoms with Crippen LogP contribution in [0.1, 0.15) is 44.9 Å². The normalized spacial score (nSPS) is 14.5. The number of carbonyl (C=O) groups excluding carboxylic acids is 4. The van der Waals surface area contributed by atoms with Gasteiger partial charge in [-0.3, -0.25) is 24.1 Å². The second-order valence-corrected chi connectivity index (χ2v) is 7.53. The maximum atomic E-state index is 12.9. The number of aliphatic hydroxyl groups is 3. The number of ether oxygens (including phenoxy) is 4.